The number of thiazole rings is 1. The fourth-order valence-corrected chi connectivity index (χ4v) is 3.19. The molecule has 0 saturated carbocycles. The Hall–Kier alpha value is -1.47. The summed E-state index contributed by atoms with van der Waals surface area (Å²) in [4.78, 5) is 30.2. The number of nitrogens with one attached hydrogen (secondary N) is 1. The summed E-state index contributed by atoms with van der Waals surface area (Å²) in [5.74, 6) is -1.04. The second-order valence-corrected chi connectivity index (χ2v) is 6.67. The van der Waals surface area contributed by atoms with Gasteiger partial charge in [0.05, 0.1) is 18.5 Å². The van der Waals surface area contributed by atoms with E-state index in [0.717, 1.165) is 9.88 Å². The molecule has 0 radical (unpaired) electrons. The number of piperidine rings is 1. The smallest absolute Gasteiger partial charge is 0.306 e. The molecular weight excluding hydrogens is 290 g/mol. The molecule has 2 heterocycles. The Labute approximate surface area is 128 Å². The third kappa shape index (κ3) is 4.25. The summed E-state index contributed by atoms with van der Waals surface area (Å²) in [5.41, 5.74) is 0. The number of aliphatic carboxylic acids is 1. The van der Waals surface area contributed by atoms with Gasteiger partial charge in [-0.1, -0.05) is 0 Å². The topological polar surface area (TPSA) is 82.5 Å². The minimum Gasteiger partial charge on any atom is -0.481 e. The van der Waals surface area contributed by atoms with Crippen LogP contribution in [0.25, 0.3) is 0 Å². The number of aryl methyl sites for hydroxylation is 1. The van der Waals surface area contributed by atoms with Gasteiger partial charge in [-0.3, -0.25) is 14.9 Å². The number of nitrogens with zero attached hydrogens (tertiary/aromatic N) is 2. The number of rotatable bonds is 5. The molecule has 21 heavy (non-hydrogen) atoms. The van der Waals surface area contributed by atoms with Gasteiger partial charge < -0.3 is 10.0 Å². The number of carbonyl (C=O) groups is 2. The molecule has 1 aromatic heterocycles. The Morgan fingerprint density at radius 1 is 1.52 bits per heavy atom. The Morgan fingerprint density at radius 3 is 2.71 bits per heavy atom. The van der Waals surface area contributed by atoms with Crippen molar-refractivity contribution in [2.75, 3.05) is 19.6 Å². The summed E-state index contributed by atoms with van der Waals surface area (Å²) in [7, 11) is 0. The fraction of sp³-hybridized carbons (Fsp3) is 0.643. The lowest BCUT2D eigenvalue weighted by molar-refractivity contribution is -0.145. The molecule has 0 spiro atoms. The number of carbonyl (C=O) groups excluding carboxylic acids is 1. The normalized spacial score (nSPS) is 17.7. The van der Waals surface area contributed by atoms with E-state index in [0.29, 0.717) is 25.9 Å². The van der Waals surface area contributed by atoms with Gasteiger partial charge in [-0.2, -0.15) is 0 Å². The van der Waals surface area contributed by atoms with E-state index in [1.807, 2.05) is 20.0 Å². The highest BCUT2D eigenvalue weighted by atomic mass is 32.1. The lowest BCUT2D eigenvalue weighted by Gasteiger charge is -2.30. The molecule has 1 aromatic rings. The van der Waals surface area contributed by atoms with Crippen LogP contribution in [0.2, 0.25) is 0 Å². The van der Waals surface area contributed by atoms with Crippen LogP contribution in [-0.4, -0.2) is 46.5 Å². The zero-order valence-corrected chi connectivity index (χ0v) is 13.2. The van der Waals surface area contributed by atoms with E-state index in [2.05, 4.69) is 10.3 Å². The van der Waals surface area contributed by atoms with Crippen LogP contribution in [-0.2, 0) is 9.59 Å². The molecule has 1 unspecified atom stereocenters. The molecule has 2 rings (SSSR count). The first-order chi connectivity index (χ1) is 9.97. The largest absolute Gasteiger partial charge is 0.481 e. The van der Waals surface area contributed by atoms with Gasteiger partial charge in [0.15, 0.2) is 0 Å². The molecule has 116 valence electrons. The van der Waals surface area contributed by atoms with E-state index >= 15 is 0 Å². The van der Waals surface area contributed by atoms with Crippen LogP contribution in [0.3, 0.4) is 0 Å². The summed E-state index contributed by atoms with van der Waals surface area (Å²) >= 11 is 1.62. The van der Waals surface area contributed by atoms with Crippen molar-refractivity contribution in [3.05, 3.63) is 16.1 Å². The summed E-state index contributed by atoms with van der Waals surface area (Å²) in [6.07, 6.45) is 2.92. The molecule has 7 heteroatoms. The van der Waals surface area contributed by atoms with Crippen molar-refractivity contribution < 1.29 is 14.7 Å². The number of aromatic nitrogens is 1. The second kappa shape index (κ2) is 7.00. The van der Waals surface area contributed by atoms with E-state index in [-0.39, 0.29) is 24.4 Å². The molecular formula is C14H21N3O3S. The van der Waals surface area contributed by atoms with Crippen LogP contribution in [0.1, 0.15) is 35.7 Å². The summed E-state index contributed by atoms with van der Waals surface area (Å²) < 4.78 is 0. The SMILES string of the molecule is Cc1cnc(C(C)NCC(=O)N2CCC(C(=O)O)CC2)s1. The average molecular weight is 311 g/mol. The molecule has 1 saturated heterocycles. The summed E-state index contributed by atoms with van der Waals surface area (Å²) in [5, 5.41) is 13.1. The van der Waals surface area contributed by atoms with Gasteiger partial charge in [0, 0.05) is 24.2 Å². The van der Waals surface area contributed by atoms with E-state index in [9.17, 15) is 9.59 Å². The summed E-state index contributed by atoms with van der Waals surface area (Å²) in [6, 6.07) is 0.0456. The Bertz CT molecular complexity index is 509. The minimum absolute atomic E-state index is 0.0268. The molecule has 0 aromatic carbocycles. The molecule has 0 aliphatic carbocycles. The highest BCUT2D eigenvalue weighted by Crippen LogP contribution is 2.19. The number of hydrogen-bond acceptors (Lipinski definition) is 5. The molecule has 6 nitrogen and oxygen atoms in total. The molecule has 1 amide bonds. The van der Waals surface area contributed by atoms with E-state index in [4.69, 9.17) is 5.11 Å². The standard InChI is InChI=1S/C14H21N3O3S/c1-9-7-16-13(21-9)10(2)15-8-12(18)17-5-3-11(4-6-17)14(19)20/h7,10-11,15H,3-6,8H2,1-2H3,(H,19,20). The van der Waals surface area contributed by atoms with E-state index < -0.39 is 5.97 Å². The van der Waals surface area contributed by atoms with Gasteiger partial charge in [0.1, 0.15) is 5.01 Å². The highest BCUT2D eigenvalue weighted by Gasteiger charge is 2.26. The van der Waals surface area contributed by atoms with Gasteiger partial charge in [-0.15, -0.1) is 11.3 Å². The number of hydrogen-bond donors (Lipinski definition) is 2. The highest BCUT2D eigenvalue weighted by molar-refractivity contribution is 7.11. The van der Waals surface area contributed by atoms with Crippen LogP contribution in [0.4, 0.5) is 0 Å². The zero-order valence-electron chi connectivity index (χ0n) is 12.3. The van der Waals surface area contributed by atoms with Crippen LogP contribution < -0.4 is 5.32 Å². The molecule has 1 aliphatic heterocycles. The predicted octanol–water partition coefficient (Wildman–Crippen LogP) is 1.43. The van der Waals surface area contributed by atoms with Crippen LogP contribution in [0, 0.1) is 12.8 Å². The molecule has 2 N–H and O–H groups in total. The zero-order chi connectivity index (χ0) is 15.4. The molecule has 1 atom stereocenters. The van der Waals surface area contributed by atoms with Gasteiger partial charge in [0.2, 0.25) is 5.91 Å². The monoisotopic (exact) mass is 311 g/mol. The van der Waals surface area contributed by atoms with Crippen LogP contribution in [0.5, 0.6) is 0 Å². The molecule has 1 aliphatic rings. The van der Waals surface area contributed by atoms with Crippen LogP contribution >= 0.6 is 11.3 Å². The van der Waals surface area contributed by atoms with E-state index in [1.165, 1.54) is 0 Å². The van der Waals surface area contributed by atoms with Crippen molar-refractivity contribution in [3.8, 4) is 0 Å². The van der Waals surface area contributed by atoms with Crippen molar-refractivity contribution in [1.82, 2.24) is 15.2 Å². The van der Waals surface area contributed by atoms with Crippen molar-refractivity contribution in [1.29, 1.82) is 0 Å². The average Bonchev–Trinajstić information content (AvgIpc) is 2.91. The molecule has 0 bridgehead atoms. The van der Waals surface area contributed by atoms with Crippen molar-refractivity contribution in [2.45, 2.75) is 32.7 Å². The van der Waals surface area contributed by atoms with Gasteiger partial charge in [-0.25, -0.2) is 4.98 Å². The first-order valence-electron chi connectivity index (χ1n) is 7.13. The molecule has 1 fully saturated rings. The Kier molecular flexibility index (Phi) is 5.30. The second-order valence-electron chi connectivity index (χ2n) is 5.41. The number of carboxylic acids is 1. The lowest BCUT2D eigenvalue weighted by Crippen LogP contribution is -2.44. The quantitative estimate of drug-likeness (QED) is 0.859. The maximum Gasteiger partial charge on any atom is 0.306 e. The first-order valence-corrected chi connectivity index (χ1v) is 7.95. The third-order valence-electron chi connectivity index (χ3n) is 3.77. The minimum atomic E-state index is -0.756. The van der Waals surface area contributed by atoms with Gasteiger partial charge >= 0.3 is 5.97 Å². The van der Waals surface area contributed by atoms with Crippen molar-refractivity contribution in [3.63, 3.8) is 0 Å². The first kappa shape index (κ1) is 15.9. The van der Waals surface area contributed by atoms with Crippen molar-refractivity contribution >= 4 is 23.2 Å². The number of likely N-dealkylation sites (tertiary alicyclic amines) is 1. The third-order valence-corrected chi connectivity index (χ3v) is 4.86. The maximum atomic E-state index is 12.1. The fourth-order valence-electron chi connectivity index (χ4n) is 2.39. The van der Waals surface area contributed by atoms with Crippen molar-refractivity contribution in [2.24, 2.45) is 5.92 Å². The maximum absolute atomic E-state index is 12.1. The Morgan fingerprint density at radius 2 is 2.19 bits per heavy atom. The number of amides is 1. The van der Waals surface area contributed by atoms with E-state index in [1.54, 1.807) is 16.2 Å². The van der Waals surface area contributed by atoms with Gasteiger partial charge in [-0.05, 0) is 26.7 Å². The summed E-state index contributed by atoms with van der Waals surface area (Å²) in [6.45, 7) is 5.32. The predicted molar refractivity (Wildman–Crippen MR) is 80.2 cm³/mol. The Balaban J connectivity index is 1.76. The lowest BCUT2D eigenvalue weighted by atomic mass is 9.97. The van der Waals surface area contributed by atoms with Crippen LogP contribution in [0.15, 0.2) is 6.20 Å². The van der Waals surface area contributed by atoms with Gasteiger partial charge in [0.25, 0.3) is 0 Å². The number of carboxylic acid groups (broad SMARTS) is 1.